The lowest BCUT2D eigenvalue weighted by molar-refractivity contribution is 0.173. The molecule has 0 radical (unpaired) electrons. The summed E-state index contributed by atoms with van der Waals surface area (Å²) in [5, 5.41) is 0.962. The smallest absolute Gasteiger partial charge is 0.231 e. The first-order valence-electron chi connectivity index (χ1n) is 6.25. The monoisotopic (exact) mass is 285 g/mol. The van der Waals surface area contributed by atoms with Crippen molar-refractivity contribution in [1.29, 1.82) is 0 Å². The van der Waals surface area contributed by atoms with Gasteiger partial charge >= 0.3 is 0 Å². The van der Waals surface area contributed by atoms with Gasteiger partial charge in [-0.05, 0) is 24.3 Å². The maximum absolute atomic E-state index is 5.76. The van der Waals surface area contributed by atoms with E-state index in [1.54, 1.807) is 11.3 Å². The number of hydrogen-bond donors (Lipinski definition) is 0. The lowest BCUT2D eigenvalue weighted by atomic mass is 10.3. The second kappa shape index (κ2) is 4.68. The van der Waals surface area contributed by atoms with E-state index in [9.17, 15) is 0 Å². The van der Waals surface area contributed by atoms with Crippen LogP contribution in [0.4, 0.5) is 0 Å². The second-order valence-electron chi connectivity index (χ2n) is 4.38. The van der Waals surface area contributed by atoms with Crippen LogP contribution in [0, 0.1) is 0 Å². The summed E-state index contributed by atoms with van der Waals surface area (Å²) in [5.74, 6) is 2.25. The van der Waals surface area contributed by atoms with E-state index in [-0.39, 0.29) is 6.79 Å². The summed E-state index contributed by atoms with van der Waals surface area (Å²) in [5.41, 5.74) is 1.02. The predicted octanol–water partition coefficient (Wildman–Crippen LogP) is 3.60. The van der Waals surface area contributed by atoms with Crippen molar-refractivity contribution in [3.63, 3.8) is 0 Å². The number of ether oxygens (including phenoxy) is 3. The van der Waals surface area contributed by atoms with Gasteiger partial charge in [-0.1, -0.05) is 12.1 Å². The van der Waals surface area contributed by atoms with Gasteiger partial charge in [-0.25, -0.2) is 4.98 Å². The van der Waals surface area contributed by atoms with E-state index in [0.717, 1.165) is 27.8 Å². The molecule has 4 rings (SSSR count). The third-order valence-electron chi connectivity index (χ3n) is 3.04. The van der Waals surface area contributed by atoms with Gasteiger partial charge in [-0.15, -0.1) is 11.3 Å². The third-order valence-corrected chi connectivity index (χ3v) is 4.05. The van der Waals surface area contributed by atoms with Crippen LogP contribution in [0.25, 0.3) is 10.2 Å². The Morgan fingerprint density at radius 2 is 2.00 bits per heavy atom. The fourth-order valence-corrected chi connectivity index (χ4v) is 2.97. The molecule has 0 atom stereocenters. The molecule has 5 heteroatoms. The van der Waals surface area contributed by atoms with Gasteiger partial charge in [0.15, 0.2) is 11.5 Å². The van der Waals surface area contributed by atoms with E-state index in [4.69, 9.17) is 14.2 Å². The zero-order valence-electron chi connectivity index (χ0n) is 10.5. The van der Waals surface area contributed by atoms with Crippen LogP contribution >= 0.6 is 11.3 Å². The van der Waals surface area contributed by atoms with Crippen molar-refractivity contribution in [2.75, 3.05) is 6.79 Å². The first-order chi connectivity index (χ1) is 9.88. The van der Waals surface area contributed by atoms with Gasteiger partial charge in [0.2, 0.25) is 6.79 Å². The summed E-state index contributed by atoms with van der Waals surface area (Å²) in [4.78, 5) is 4.54. The molecule has 4 nitrogen and oxygen atoms in total. The zero-order chi connectivity index (χ0) is 13.4. The molecule has 0 bridgehead atoms. The van der Waals surface area contributed by atoms with Gasteiger partial charge in [-0.2, -0.15) is 0 Å². The summed E-state index contributed by atoms with van der Waals surface area (Å²) in [6.07, 6.45) is 0. The summed E-state index contributed by atoms with van der Waals surface area (Å²) in [7, 11) is 0. The Labute approximate surface area is 119 Å². The summed E-state index contributed by atoms with van der Waals surface area (Å²) in [6, 6.07) is 13.7. The number of thiazole rings is 1. The minimum Gasteiger partial charge on any atom is -0.486 e. The molecule has 0 fully saturated rings. The molecule has 2 aromatic carbocycles. The molecule has 2 heterocycles. The Morgan fingerprint density at radius 3 is 2.95 bits per heavy atom. The first-order valence-corrected chi connectivity index (χ1v) is 7.07. The molecule has 0 amide bonds. The fraction of sp³-hybridized carbons (Fsp3) is 0.133. The summed E-state index contributed by atoms with van der Waals surface area (Å²) < 4.78 is 17.5. The van der Waals surface area contributed by atoms with E-state index < -0.39 is 0 Å². The first kappa shape index (κ1) is 11.5. The second-order valence-corrected chi connectivity index (χ2v) is 5.49. The number of nitrogens with zero attached hydrogens (tertiary/aromatic N) is 1. The number of aromatic nitrogens is 1. The van der Waals surface area contributed by atoms with Crippen LogP contribution in [0.3, 0.4) is 0 Å². The van der Waals surface area contributed by atoms with Crippen molar-refractivity contribution in [2.24, 2.45) is 0 Å². The molecule has 0 unspecified atom stereocenters. The Hall–Kier alpha value is -2.27. The third kappa shape index (κ3) is 2.06. The fourth-order valence-electron chi connectivity index (χ4n) is 2.09. The Bertz CT molecular complexity index is 736. The van der Waals surface area contributed by atoms with Crippen LogP contribution in [0.2, 0.25) is 0 Å². The van der Waals surface area contributed by atoms with Crippen LogP contribution in [0.15, 0.2) is 42.5 Å². The van der Waals surface area contributed by atoms with Crippen LogP contribution in [-0.4, -0.2) is 11.8 Å². The average Bonchev–Trinajstić information content (AvgIpc) is 3.10. The highest BCUT2D eigenvalue weighted by molar-refractivity contribution is 7.18. The van der Waals surface area contributed by atoms with E-state index in [0.29, 0.717) is 6.61 Å². The zero-order valence-corrected chi connectivity index (χ0v) is 11.4. The molecule has 100 valence electrons. The van der Waals surface area contributed by atoms with Gasteiger partial charge in [0.25, 0.3) is 0 Å². The highest BCUT2D eigenvalue weighted by Gasteiger charge is 2.14. The molecular weight excluding hydrogens is 274 g/mol. The standard InChI is InChI=1S/C15H11NO3S/c1-2-4-14-11(3-1)16-15(20-14)8-17-10-5-6-12-13(7-10)19-9-18-12/h1-7H,8-9H2. The topological polar surface area (TPSA) is 40.6 Å². The maximum atomic E-state index is 5.76. The number of fused-ring (bicyclic) bond motifs is 2. The number of hydrogen-bond acceptors (Lipinski definition) is 5. The van der Waals surface area contributed by atoms with Crippen molar-refractivity contribution >= 4 is 21.6 Å². The van der Waals surface area contributed by atoms with Gasteiger partial charge in [0.05, 0.1) is 10.2 Å². The SMILES string of the molecule is c1ccc2sc(COc3ccc4c(c3)OCO4)nc2c1. The largest absolute Gasteiger partial charge is 0.486 e. The van der Waals surface area contributed by atoms with Crippen molar-refractivity contribution in [3.05, 3.63) is 47.5 Å². The molecule has 3 aromatic rings. The minimum absolute atomic E-state index is 0.274. The number of rotatable bonds is 3. The van der Waals surface area contributed by atoms with E-state index >= 15 is 0 Å². The van der Waals surface area contributed by atoms with Crippen molar-refractivity contribution in [1.82, 2.24) is 4.98 Å². The van der Waals surface area contributed by atoms with Crippen LogP contribution in [0.1, 0.15) is 5.01 Å². The van der Waals surface area contributed by atoms with Gasteiger partial charge in [0.1, 0.15) is 17.4 Å². The molecule has 0 aliphatic carbocycles. The molecule has 20 heavy (non-hydrogen) atoms. The molecule has 1 aliphatic rings. The Kier molecular flexibility index (Phi) is 2.70. The molecular formula is C15H11NO3S. The summed E-state index contributed by atoms with van der Waals surface area (Å²) >= 11 is 1.65. The highest BCUT2D eigenvalue weighted by atomic mass is 32.1. The van der Waals surface area contributed by atoms with E-state index in [1.165, 1.54) is 4.70 Å². The molecule has 0 N–H and O–H groups in total. The van der Waals surface area contributed by atoms with Crippen molar-refractivity contribution in [3.8, 4) is 17.2 Å². The molecule has 0 saturated carbocycles. The molecule has 0 saturated heterocycles. The lowest BCUT2D eigenvalue weighted by Crippen LogP contribution is -1.94. The van der Waals surface area contributed by atoms with Gasteiger partial charge in [0, 0.05) is 6.07 Å². The van der Waals surface area contributed by atoms with Crippen molar-refractivity contribution < 1.29 is 14.2 Å². The normalized spacial score (nSPS) is 12.8. The minimum atomic E-state index is 0.274. The predicted molar refractivity (Wildman–Crippen MR) is 76.5 cm³/mol. The van der Waals surface area contributed by atoms with Crippen LogP contribution in [0.5, 0.6) is 17.2 Å². The molecule has 1 aliphatic heterocycles. The lowest BCUT2D eigenvalue weighted by Gasteiger charge is -2.04. The van der Waals surface area contributed by atoms with E-state index in [1.807, 2.05) is 36.4 Å². The maximum Gasteiger partial charge on any atom is 0.231 e. The number of para-hydroxylation sites is 1. The molecule has 0 spiro atoms. The molecule has 1 aromatic heterocycles. The van der Waals surface area contributed by atoms with Crippen LogP contribution < -0.4 is 14.2 Å². The Balaban J connectivity index is 1.52. The van der Waals surface area contributed by atoms with Crippen LogP contribution in [-0.2, 0) is 6.61 Å². The quantitative estimate of drug-likeness (QED) is 0.737. The van der Waals surface area contributed by atoms with Gasteiger partial charge in [-0.3, -0.25) is 0 Å². The van der Waals surface area contributed by atoms with E-state index in [2.05, 4.69) is 11.1 Å². The summed E-state index contributed by atoms with van der Waals surface area (Å²) in [6.45, 7) is 0.732. The average molecular weight is 285 g/mol. The van der Waals surface area contributed by atoms with Crippen molar-refractivity contribution in [2.45, 2.75) is 6.61 Å². The van der Waals surface area contributed by atoms with Gasteiger partial charge < -0.3 is 14.2 Å². The Morgan fingerprint density at radius 1 is 1.10 bits per heavy atom. The highest BCUT2D eigenvalue weighted by Crippen LogP contribution is 2.35. The number of benzene rings is 2.